The number of aryl methyl sites for hydroxylation is 1. The van der Waals surface area contributed by atoms with Crippen molar-refractivity contribution < 1.29 is 19.4 Å². The van der Waals surface area contributed by atoms with E-state index >= 15 is 0 Å². The van der Waals surface area contributed by atoms with Gasteiger partial charge in [0.25, 0.3) is 5.91 Å². The minimum Gasteiger partial charge on any atom is -0.494 e. The molecule has 24 heavy (non-hydrogen) atoms. The van der Waals surface area contributed by atoms with Gasteiger partial charge in [-0.2, -0.15) is 5.10 Å². The number of nitrogens with zero attached hydrogens (tertiary/aromatic N) is 2. The highest BCUT2D eigenvalue weighted by atomic mass is 16.5. The second-order valence-corrected chi connectivity index (χ2v) is 5.85. The molecular weight excluding hydrogens is 310 g/mol. The number of ether oxygens (including phenoxy) is 1. The zero-order valence-electron chi connectivity index (χ0n) is 14.1. The van der Waals surface area contributed by atoms with Crippen LogP contribution in [0.25, 0.3) is 5.69 Å². The van der Waals surface area contributed by atoms with Gasteiger partial charge in [-0.3, -0.25) is 4.79 Å². The molecule has 128 valence electrons. The average molecular weight is 331 g/mol. The SMILES string of the molecule is COc1ccc(C)cc1-n1ccc(C(=O)N[C@@H](C(=O)O)C(C)C)n1. The van der Waals surface area contributed by atoms with Crippen LogP contribution in [0.2, 0.25) is 0 Å². The summed E-state index contributed by atoms with van der Waals surface area (Å²) in [5.74, 6) is -1.20. The van der Waals surface area contributed by atoms with Crippen LogP contribution < -0.4 is 10.1 Å². The first-order valence-electron chi connectivity index (χ1n) is 7.58. The fourth-order valence-electron chi connectivity index (χ4n) is 2.29. The van der Waals surface area contributed by atoms with Gasteiger partial charge in [-0.05, 0) is 36.6 Å². The Balaban J connectivity index is 2.26. The number of aliphatic carboxylic acids is 1. The molecular formula is C17H21N3O4. The molecule has 7 heteroatoms. The Kier molecular flexibility index (Phi) is 5.23. The zero-order chi connectivity index (χ0) is 17.9. The maximum absolute atomic E-state index is 12.2. The third kappa shape index (κ3) is 3.73. The van der Waals surface area contributed by atoms with Gasteiger partial charge in [0.15, 0.2) is 5.69 Å². The van der Waals surface area contributed by atoms with E-state index in [2.05, 4.69) is 10.4 Å². The second kappa shape index (κ2) is 7.16. The molecule has 0 spiro atoms. The number of carboxylic acids is 1. The molecule has 1 heterocycles. The molecule has 0 radical (unpaired) electrons. The lowest BCUT2D eigenvalue weighted by Crippen LogP contribution is -2.44. The van der Waals surface area contributed by atoms with Crippen molar-refractivity contribution in [3.05, 3.63) is 41.7 Å². The Morgan fingerprint density at radius 3 is 2.58 bits per heavy atom. The van der Waals surface area contributed by atoms with Crippen molar-refractivity contribution in [2.75, 3.05) is 7.11 Å². The van der Waals surface area contributed by atoms with Crippen LogP contribution in [0.1, 0.15) is 29.9 Å². The number of benzene rings is 1. The molecule has 0 aliphatic heterocycles. The van der Waals surface area contributed by atoms with Gasteiger partial charge >= 0.3 is 5.97 Å². The van der Waals surface area contributed by atoms with Crippen molar-refractivity contribution in [3.8, 4) is 11.4 Å². The molecule has 0 aliphatic carbocycles. The van der Waals surface area contributed by atoms with Crippen LogP contribution in [0.5, 0.6) is 5.75 Å². The van der Waals surface area contributed by atoms with Crippen LogP contribution in [0.4, 0.5) is 0 Å². The van der Waals surface area contributed by atoms with Crippen molar-refractivity contribution in [2.24, 2.45) is 5.92 Å². The van der Waals surface area contributed by atoms with E-state index in [4.69, 9.17) is 9.84 Å². The lowest BCUT2D eigenvalue weighted by molar-refractivity contribution is -0.140. The first-order valence-corrected chi connectivity index (χ1v) is 7.58. The number of nitrogens with one attached hydrogen (secondary N) is 1. The Labute approximate surface area is 140 Å². The van der Waals surface area contributed by atoms with Crippen LogP contribution in [0, 0.1) is 12.8 Å². The number of amides is 1. The second-order valence-electron chi connectivity index (χ2n) is 5.85. The van der Waals surface area contributed by atoms with E-state index in [9.17, 15) is 9.59 Å². The van der Waals surface area contributed by atoms with Gasteiger partial charge in [-0.25, -0.2) is 9.48 Å². The van der Waals surface area contributed by atoms with Crippen LogP contribution in [0.15, 0.2) is 30.5 Å². The molecule has 2 aromatic rings. The molecule has 2 N–H and O–H groups in total. The number of hydrogen-bond donors (Lipinski definition) is 2. The van der Waals surface area contributed by atoms with Crippen molar-refractivity contribution in [2.45, 2.75) is 26.8 Å². The van der Waals surface area contributed by atoms with Crippen molar-refractivity contribution in [1.82, 2.24) is 15.1 Å². The summed E-state index contributed by atoms with van der Waals surface area (Å²) in [6.45, 7) is 5.41. The van der Waals surface area contributed by atoms with Gasteiger partial charge in [-0.1, -0.05) is 19.9 Å². The Morgan fingerprint density at radius 1 is 1.29 bits per heavy atom. The van der Waals surface area contributed by atoms with Gasteiger partial charge in [0.05, 0.1) is 7.11 Å². The van der Waals surface area contributed by atoms with Gasteiger partial charge in [0.2, 0.25) is 0 Å². The van der Waals surface area contributed by atoms with E-state index < -0.39 is 17.9 Å². The molecule has 0 saturated heterocycles. The molecule has 1 amide bonds. The van der Waals surface area contributed by atoms with Crippen LogP contribution >= 0.6 is 0 Å². The number of carbonyl (C=O) groups excluding carboxylic acids is 1. The van der Waals surface area contributed by atoms with Gasteiger partial charge in [-0.15, -0.1) is 0 Å². The smallest absolute Gasteiger partial charge is 0.326 e. The van der Waals surface area contributed by atoms with E-state index in [0.29, 0.717) is 11.4 Å². The third-order valence-electron chi connectivity index (χ3n) is 3.62. The van der Waals surface area contributed by atoms with Gasteiger partial charge in [0.1, 0.15) is 17.5 Å². The number of aromatic nitrogens is 2. The minimum atomic E-state index is -1.07. The molecule has 0 fully saturated rings. The number of carboxylic acid groups (broad SMARTS) is 1. The van der Waals surface area contributed by atoms with Crippen LogP contribution in [-0.2, 0) is 4.79 Å². The summed E-state index contributed by atoms with van der Waals surface area (Å²) < 4.78 is 6.85. The summed E-state index contributed by atoms with van der Waals surface area (Å²) in [5, 5.41) is 15.9. The van der Waals surface area contributed by atoms with Crippen LogP contribution in [0.3, 0.4) is 0 Å². The van der Waals surface area contributed by atoms with Gasteiger partial charge in [0, 0.05) is 6.20 Å². The van der Waals surface area contributed by atoms with Crippen molar-refractivity contribution in [1.29, 1.82) is 0 Å². The molecule has 0 aliphatic rings. The van der Waals surface area contributed by atoms with E-state index in [1.165, 1.54) is 10.7 Å². The lowest BCUT2D eigenvalue weighted by atomic mass is 10.0. The highest BCUT2D eigenvalue weighted by Crippen LogP contribution is 2.23. The Hall–Kier alpha value is -2.83. The predicted molar refractivity (Wildman–Crippen MR) is 88.6 cm³/mol. The van der Waals surface area contributed by atoms with E-state index in [1.807, 2.05) is 25.1 Å². The summed E-state index contributed by atoms with van der Waals surface area (Å²) in [5.41, 5.74) is 1.87. The van der Waals surface area contributed by atoms with E-state index in [1.54, 1.807) is 27.2 Å². The molecule has 1 atom stereocenters. The summed E-state index contributed by atoms with van der Waals surface area (Å²) in [6, 6.07) is 6.21. The fourth-order valence-corrected chi connectivity index (χ4v) is 2.29. The highest BCUT2D eigenvalue weighted by Gasteiger charge is 2.25. The normalized spacial score (nSPS) is 12.0. The third-order valence-corrected chi connectivity index (χ3v) is 3.62. The Morgan fingerprint density at radius 2 is 2.00 bits per heavy atom. The molecule has 0 saturated carbocycles. The van der Waals surface area contributed by atoms with Gasteiger partial charge < -0.3 is 15.2 Å². The summed E-state index contributed by atoms with van der Waals surface area (Å²) in [6.07, 6.45) is 1.64. The minimum absolute atomic E-state index is 0.144. The number of methoxy groups -OCH3 is 1. The number of carbonyl (C=O) groups is 2. The predicted octanol–water partition coefficient (Wildman–Crippen LogP) is 2.03. The zero-order valence-corrected chi connectivity index (χ0v) is 14.1. The number of hydrogen-bond acceptors (Lipinski definition) is 4. The molecule has 7 nitrogen and oxygen atoms in total. The molecule has 1 aromatic heterocycles. The monoisotopic (exact) mass is 331 g/mol. The highest BCUT2D eigenvalue weighted by molar-refractivity contribution is 5.95. The standard InChI is InChI=1S/C17H21N3O4/c1-10(2)15(17(22)23)18-16(21)12-7-8-20(19-12)13-9-11(3)5-6-14(13)24-4/h5-10,15H,1-4H3,(H,18,21)(H,22,23)/t15-/m1/s1. The summed E-state index contributed by atoms with van der Waals surface area (Å²) >= 11 is 0. The van der Waals surface area contributed by atoms with E-state index in [0.717, 1.165) is 5.56 Å². The maximum Gasteiger partial charge on any atom is 0.326 e. The number of rotatable bonds is 6. The molecule has 0 bridgehead atoms. The first kappa shape index (κ1) is 17.5. The first-order chi connectivity index (χ1) is 11.3. The van der Waals surface area contributed by atoms with E-state index in [-0.39, 0.29) is 11.6 Å². The summed E-state index contributed by atoms with van der Waals surface area (Å²) in [7, 11) is 1.56. The quantitative estimate of drug-likeness (QED) is 0.845. The van der Waals surface area contributed by atoms with Crippen LogP contribution in [-0.4, -0.2) is 39.9 Å². The van der Waals surface area contributed by atoms with Crippen molar-refractivity contribution in [3.63, 3.8) is 0 Å². The maximum atomic E-state index is 12.2. The summed E-state index contributed by atoms with van der Waals surface area (Å²) in [4.78, 5) is 23.4. The lowest BCUT2D eigenvalue weighted by Gasteiger charge is -2.17. The fraction of sp³-hybridized carbons (Fsp3) is 0.353. The Bertz CT molecular complexity index is 752. The average Bonchev–Trinajstić information content (AvgIpc) is 3.01. The molecule has 1 aromatic carbocycles. The largest absolute Gasteiger partial charge is 0.494 e. The molecule has 2 rings (SSSR count). The van der Waals surface area contributed by atoms with Crippen molar-refractivity contribution >= 4 is 11.9 Å². The molecule has 0 unspecified atom stereocenters. The topological polar surface area (TPSA) is 93.5 Å².